The first-order chi connectivity index (χ1) is 12.1. The van der Waals surface area contributed by atoms with Crippen LogP contribution in [0.3, 0.4) is 0 Å². The van der Waals surface area contributed by atoms with Crippen molar-refractivity contribution in [2.24, 2.45) is 0 Å². The summed E-state index contributed by atoms with van der Waals surface area (Å²) in [7, 11) is 0. The number of thiocarbonyl (C=S) groups is 1. The van der Waals surface area contributed by atoms with E-state index in [-0.39, 0.29) is 11.0 Å². The van der Waals surface area contributed by atoms with E-state index in [1.54, 1.807) is 12.1 Å². The van der Waals surface area contributed by atoms with Gasteiger partial charge in [-0.2, -0.15) is 0 Å². The van der Waals surface area contributed by atoms with Crippen LogP contribution in [0.1, 0.15) is 10.4 Å². The minimum absolute atomic E-state index is 0.241. The van der Waals surface area contributed by atoms with Crippen molar-refractivity contribution >= 4 is 50.5 Å². The zero-order valence-electron chi connectivity index (χ0n) is 13.5. The molecule has 0 spiro atoms. The summed E-state index contributed by atoms with van der Waals surface area (Å²) in [5.74, 6) is -0.241. The van der Waals surface area contributed by atoms with Gasteiger partial charge >= 0.3 is 0 Å². The maximum Gasteiger partial charge on any atom is 0.257 e. The molecule has 5 nitrogen and oxygen atoms in total. The number of halogens is 1. The van der Waals surface area contributed by atoms with Crippen LogP contribution in [0.4, 0.5) is 11.4 Å². The van der Waals surface area contributed by atoms with E-state index in [2.05, 4.69) is 31.5 Å². The summed E-state index contributed by atoms with van der Waals surface area (Å²) >= 11 is 8.56. The first-order valence-electron chi connectivity index (χ1n) is 7.92. The van der Waals surface area contributed by atoms with Crippen LogP contribution in [0.15, 0.2) is 53.0 Å². The van der Waals surface area contributed by atoms with Crippen LogP contribution in [0, 0.1) is 0 Å². The Bertz CT molecular complexity index is 744. The molecular formula is C18H18BrN3O2S. The second kappa shape index (κ2) is 8.42. The molecule has 1 aliphatic rings. The standard InChI is InChI=1S/C18H18BrN3O2S/c19-14-3-1-13(2-4-14)17(23)21-18(25)20-15-5-7-16(8-6-15)22-9-11-24-12-10-22/h1-8H,9-12H2,(H2,20,21,23,25). The van der Waals surface area contributed by atoms with Gasteiger partial charge < -0.3 is 15.0 Å². The zero-order chi connectivity index (χ0) is 17.6. The summed E-state index contributed by atoms with van der Waals surface area (Å²) in [4.78, 5) is 14.4. The number of anilines is 2. The van der Waals surface area contributed by atoms with E-state index in [1.165, 1.54) is 0 Å². The number of ether oxygens (including phenoxy) is 1. The summed E-state index contributed by atoms with van der Waals surface area (Å²) < 4.78 is 6.28. The summed E-state index contributed by atoms with van der Waals surface area (Å²) in [6.45, 7) is 3.31. The Morgan fingerprint density at radius 1 is 1.04 bits per heavy atom. The minimum atomic E-state index is -0.241. The highest BCUT2D eigenvalue weighted by molar-refractivity contribution is 9.10. The van der Waals surface area contributed by atoms with E-state index < -0.39 is 0 Å². The first kappa shape index (κ1) is 17.8. The Hall–Kier alpha value is -1.96. The fourth-order valence-electron chi connectivity index (χ4n) is 2.52. The van der Waals surface area contributed by atoms with Gasteiger partial charge in [0.25, 0.3) is 5.91 Å². The predicted octanol–water partition coefficient (Wildman–Crippen LogP) is 3.41. The molecule has 2 N–H and O–H groups in total. The molecule has 1 aliphatic heterocycles. The summed E-state index contributed by atoms with van der Waals surface area (Å²) in [5, 5.41) is 5.98. The zero-order valence-corrected chi connectivity index (χ0v) is 15.9. The molecule has 25 heavy (non-hydrogen) atoms. The molecule has 1 saturated heterocycles. The predicted molar refractivity (Wildman–Crippen MR) is 107 cm³/mol. The van der Waals surface area contributed by atoms with Crippen molar-refractivity contribution in [2.75, 3.05) is 36.5 Å². The molecule has 0 atom stereocenters. The number of carbonyl (C=O) groups is 1. The summed E-state index contributed by atoms with van der Waals surface area (Å²) in [5.41, 5.74) is 2.53. The van der Waals surface area contributed by atoms with E-state index in [4.69, 9.17) is 17.0 Å². The Kier molecular flexibility index (Phi) is 6.01. The number of rotatable bonds is 3. The lowest BCUT2D eigenvalue weighted by atomic mass is 10.2. The SMILES string of the molecule is O=C(NC(=S)Nc1ccc(N2CCOCC2)cc1)c1ccc(Br)cc1. The van der Waals surface area contributed by atoms with Crippen LogP contribution in [0.25, 0.3) is 0 Å². The maximum absolute atomic E-state index is 12.1. The number of benzene rings is 2. The van der Waals surface area contributed by atoms with Crippen LogP contribution in [0.2, 0.25) is 0 Å². The van der Waals surface area contributed by atoms with Gasteiger partial charge in [-0.25, -0.2) is 0 Å². The van der Waals surface area contributed by atoms with Crippen LogP contribution in [-0.4, -0.2) is 37.3 Å². The molecule has 1 heterocycles. The molecule has 0 radical (unpaired) electrons. The number of carbonyl (C=O) groups excluding carboxylic acids is 1. The highest BCUT2D eigenvalue weighted by Gasteiger charge is 2.11. The molecule has 1 amide bonds. The van der Waals surface area contributed by atoms with Crippen molar-refractivity contribution < 1.29 is 9.53 Å². The molecule has 3 rings (SSSR count). The molecule has 0 unspecified atom stereocenters. The third-order valence-corrected chi connectivity index (χ3v) is 4.57. The first-order valence-corrected chi connectivity index (χ1v) is 9.12. The highest BCUT2D eigenvalue weighted by Crippen LogP contribution is 2.19. The molecule has 0 aromatic heterocycles. The van der Waals surface area contributed by atoms with Crippen molar-refractivity contribution in [1.29, 1.82) is 0 Å². The second-order valence-electron chi connectivity index (χ2n) is 5.56. The van der Waals surface area contributed by atoms with Crippen molar-refractivity contribution in [2.45, 2.75) is 0 Å². The van der Waals surface area contributed by atoms with Crippen molar-refractivity contribution in [3.63, 3.8) is 0 Å². The molecular weight excluding hydrogens is 402 g/mol. The van der Waals surface area contributed by atoms with E-state index in [0.29, 0.717) is 5.56 Å². The molecule has 0 bridgehead atoms. The van der Waals surface area contributed by atoms with Gasteiger partial charge in [-0.3, -0.25) is 10.1 Å². The topological polar surface area (TPSA) is 53.6 Å². The average Bonchev–Trinajstić information content (AvgIpc) is 2.63. The van der Waals surface area contributed by atoms with Crippen molar-refractivity contribution in [3.8, 4) is 0 Å². The van der Waals surface area contributed by atoms with Gasteiger partial charge in [-0.15, -0.1) is 0 Å². The molecule has 7 heteroatoms. The van der Waals surface area contributed by atoms with Gasteiger partial charge in [0.15, 0.2) is 5.11 Å². The van der Waals surface area contributed by atoms with Gasteiger partial charge in [-0.1, -0.05) is 15.9 Å². The minimum Gasteiger partial charge on any atom is -0.378 e. The van der Waals surface area contributed by atoms with Crippen molar-refractivity contribution in [1.82, 2.24) is 5.32 Å². The van der Waals surface area contributed by atoms with Gasteiger partial charge in [0.1, 0.15) is 0 Å². The lowest BCUT2D eigenvalue weighted by molar-refractivity contribution is 0.0977. The molecule has 2 aromatic carbocycles. The third-order valence-electron chi connectivity index (χ3n) is 3.83. The number of morpholine rings is 1. The Balaban J connectivity index is 1.55. The van der Waals surface area contributed by atoms with Crippen LogP contribution >= 0.6 is 28.1 Å². The van der Waals surface area contributed by atoms with E-state index >= 15 is 0 Å². The van der Waals surface area contributed by atoms with Crippen LogP contribution in [0.5, 0.6) is 0 Å². The van der Waals surface area contributed by atoms with Gasteiger partial charge in [-0.05, 0) is 60.7 Å². The van der Waals surface area contributed by atoms with Gasteiger partial charge in [0, 0.05) is 34.5 Å². The van der Waals surface area contributed by atoms with E-state index in [0.717, 1.165) is 42.2 Å². The fourth-order valence-corrected chi connectivity index (χ4v) is 2.99. The normalized spacial score (nSPS) is 14.0. The Morgan fingerprint density at radius 2 is 1.68 bits per heavy atom. The molecule has 0 saturated carbocycles. The number of nitrogens with zero attached hydrogens (tertiary/aromatic N) is 1. The van der Waals surface area contributed by atoms with E-state index in [9.17, 15) is 4.79 Å². The van der Waals surface area contributed by atoms with Gasteiger partial charge in [0.2, 0.25) is 0 Å². The van der Waals surface area contributed by atoms with Gasteiger partial charge in [0.05, 0.1) is 13.2 Å². The number of hydrogen-bond acceptors (Lipinski definition) is 4. The van der Waals surface area contributed by atoms with E-state index in [1.807, 2.05) is 36.4 Å². The monoisotopic (exact) mass is 419 g/mol. The number of amides is 1. The molecule has 130 valence electrons. The smallest absolute Gasteiger partial charge is 0.257 e. The van der Waals surface area contributed by atoms with Crippen LogP contribution < -0.4 is 15.5 Å². The lowest BCUT2D eigenvalue weighted by Crippen LogP contribution is -2.36. The fraction of sp³-hybridized carbons (Fsp3) is 0.222. The lowest BCUT2D eigenvalue weighted by Gasteiger charge is -2.28. The third kappa shape index (κ3) is 5.01. The summed E-state index contributed by atoms with van der Waals surface area (Å²) in [6, 6.07) is 15.1. The molecule has 0 aliphatic carbocycles. The van der Waals surface area contributed by atoms with Crippen LogP contribution in [-0.2, 0) is 4.74 Å². The molecule has 1 fully saturated rings. The largest absolute Gasteiger partial charge is 0.378 e. The number of nitrogens with one attached hydrogen (secondary N) is 2. The maximum atomic E-state index is 12.1. The Morgan fingerprint density at radius 3 is 2.32 bits per heavy atom. The quantitative estimate of drug-likeness (QED) is 0.746. The van der Waals surface area contributed by atoms with Crippen molar-refractivity contribution in [3.05, 3.63) is 58.6 Å². The second-order valence-corrected chi connectivity index (χ2v) is 6.89. The highest BCUT2D eigenvalue weighted by atomic mass is 79.9. The average molecular weight is 420 g/mol. The molecule has 2 aromatic rings. The number of hydrogen-bond donors (Lipinski definition) is 2. The summed E-state index contributed by atoms with van der Waals surface area (Å²) in [6.07, 6.45) is 0. The Labute approximate surface area is 160 Å².